The van der Waals surface area contributed by atoms with Crippen LogP contribution in [0.2, 0.25) is 5.02 Å². The molecule has 0 radical (unpaired) electrons. The van der Waals surface area contributed by atoms with Gasteiger partial charge in [0.2, 0.25) is 0 Å². The number of carbonyl (C=O) groups is 1. The lowest BCUT2D eigenvalue weighted by Gasteiger charge is -2.14. The van der Waals surface area contributed by atoms with Gasteiger partial charge in [-0.1, -0.05) is 34.9 Å². The first-order chi connectivity index (χ1) is 12.2. The zero-order chi connectivity index (χ0) is 19.4. The molecule has 0 aliphatic rings. The molecule has 0 fully saturated rings. The maximum atomic E-state index is 13.8. The van der Waals surface area contributed by atoms with Gasteiger partial charge in [-0.25, -0.2) is 9.18 Å². The number of esters is 1. The molecule has 1 heterocycles. The van der Waals surface area contributed by atoms with Crippen molar-refractivity contribution in [3.8, 4) is 11.1 Å². The zero-order valence-corrected chi connectivity index (χ0v) is 15.6. The van der Waals surface area contributed by atoms with Crippen molar-refractivity contribution < 1.29 is 18.5 Å². The van der Waals surface area contributed by atoms with Gasteiger partial charge >= 0.3 is 11.7 Å². The molecule has 26 heavy (non-hydrogen) atoms. The van der Waals surface area contributed by atoms with E-state index in [-0.39, 0.29) is 28.4 Å². The third-order valence-electron chi connectivity index (χ3n) is 3.49. The van der Waals surface area contributed by atoms with Crippen LogP contribution in [0.5, 0.6) is 0 Å². The van der Waals surface area contributed by atoms with E-state index in [1.54, 1.807) is 0 Å². The Labute approximate surface area is 156 Å². The third-order valence-corrected chi connectivity index (χ3v) is 4.63. The predicted molar refractivity (Wildman–Crippen MR) is 96.1 cm³/mol. The highest BCUT2D eigenvalue weighted by molar-refractivity contribution is 7.90. The summed E-state index contributed by atoms with van der Waals surface area (Å²) in [6.07, 6.45) is 2.60. The summed E-state index contributed by atoms with van der Waals surface area (Å²) in [4.78, 5) is 36.2. The summed E-state index contributed by atoms with van der Waals surface area (Å²) in [5.41, 5.74) is -1.38. The van der Waals surface area contributed by atoms with Crippen LogP contribution in [-0.2, 0) is 34.0 Å². The van der Waals surface area contributed by atoms with Gasteiger partial charge in [0.1, 0.15) is 11.6 Å². The molecule has 0 saturated heterocycles. The summed E-state index contributed by atoms with van der Waals surface area (Å²) in [5.74, 6) is -1.26. The number of carbonyl (C=O) groups excluding carboxylic acids is 1. The van der Waals surface area contributed by atoms with Crippen molar-refractivity contribution in [1.29, 1.82) is 0 Å². The highest BCUT2D eigenvalue weighted by Gasteiger charge is 2.18. The Bertz CT molecular complexity index is 941. The van der Waals surface area contributed by atoms with E-state index in [0.29, 0.717) is 0 Å². The first kappa shape index (κ1) is 20.2. The second kappa shape index (κ2) is 8.52. The van der Waals surface area contributed by atoms with Crippen LogP contribution in [0.3, 0.4) is 0 Å². The monoisotopic (exact) mass is 402 g/mol. The summed E-state index contributed by atoms with van der Waals surface area (Å²) in [6.45, 7) is 0.636. The number of halogens is 2. The average Bonchev–Trinajstić information content (AvgIpc) is 2.56. The van der Waals surface area contributed by atoms with Crippen LogP contribution in [0.15, 0.2) is 34.0 Å². The van der Waals surface area contributed by atoms with E-state index in [4.69, 9.17) is 16.3 Å². The molecule has 1 atom stereocenters. The zero-order valence-electron chi connectivity index (χ0n) is 14.0. The van der Waals surface area contributed by atoms with Gasteiger partial charge in [0.05, 0.1) is 23.4 Å². The van der Waals surface area contributed by atoms with E-state index < -0.39 is 40.9 Å². The summed E-state index contributed by atoms with van der Waals surface area (Å²) in [5, 5.41) is -0.270. The Morgan fingerprint density at radius 2 is 2.04 bits per heavy atom. The smallest absolute Gasteiger partial charge is 0.333 e. The van der Waals surface area contributed by atoms with Gasteiger partial charge in [-0.15, -0.1) is 0 Å². The second-order valence-corrected chi connectivity index (χ2v) is 7.33. The topological polar surface area (TPSA) is 93.4 Å². The largest absolute Gasteiger partial charge is 0.617 e. The van der Waals surface area contributed by atoms with Crippen LogP contribution in [-0.4, -0.2) is 31.7 Å². The molecule has 140 valence electrons. The third kappa shape index (κ3) is 4.54. The number of rotatable bonds is 6. The minimum Gasteiger partial charge on any atom is -0.617 e. The second-order valence-electron chi connectivity index (χ2n) is 5.40. The average molecular weight is 403 g/mol. The van der Waals surface area contributed by atoms with Gasteiger partial charge in [0, 0.05) is 18.7 Å². The van der Waals surface area contributed by atoms with Crippen molar-refractivity contribution in [2.75, 3.05) is 12.0 Å². The molecule has 0 spiro atoms. The Hall–Kier alpha value is -2.10. The van der Waals surface area contributed by atoms with Crippen LogP contribution in [0.25, 0.3) is 11.1 Å². The number of hydrogen-bond acceptors (Lipinski definition) is 5. The maximum absolute atomic E-state index is 13.8. The van der Waals surface area contributed by atoms with E-state index in [0.717, 1.165) is 21.4 Å². The molecule has 0 saturated carbocycles. The molecule has 0 N–H and O–H groups in total. The normalized spacial score (nSPS) is 12.0. The fourth-order valence-corrected chi connectivity index (χ4v) is 2.89. The van der Waals surface area contributed by atoms with Crippen molar-refractivity contribution in [3.63, 3.8) is 0 Å². The van der Waals surface area contributed by atoms with E-state index in [9.17, 15) is 23.3 Å². The molecule has 2 aromatic rings. The van der Waals surface area contributed by atoms with Gasteiger partial charge in [-0.2, -0.15) is 0 Å². The van der Waals surface area contributed by atoms with Crippen LogP contribution in [0, 0.1) is 5.82 Å². The Morgan fingerprint density at radius 3 is 2.65 bits per heavy atom. The summed E-state index contributed by atoms with van der Waals surface area (Å²) >= 11 is 4.72. The highest BCUT2D eigenvalue weighted by atomic mass is 35.5. The van der Waals surface area contributed by atoms with Gasteiger partial charge in [0.25, 0.3) is 5.56 Å². The quantitative estimate of drug-likeness (QED) is 0.537. The Morgan fingerprint density at radius 1 is 1.35 bits per heavy atom. The number of benzene rings is 1. The summed E-state index contributed by atoms with van der Waals surface area (Å²) in [6, 6.07) is 3.95. The summed E-state index contributed by atoms with van der Waals surface area (Å²) < 4.78 is 31.8. The number of hydrogen-bond donors (Lipinski definition) is 0. The van der Waals surface area contributed by atoms with Gasteiger partial charge in [-0.05, 0) is 6.07 Å². The molecule has 7 nitrogen and oxygen atoms in total. The minimum atomic E-state index is -1.24. The molecule has 0 aliphatic carbocycles. The molecular formula is C16H16ClFN2O5S. The van der Waals surface area contributed by atoms with E-state index in [1.165, 1.54) is 25.3 Å². The van der Waals surface area contributed by atoms with Gasteiger partial charge in [-0.3, -0.25) is 18.7 Å². The standard InChI is InChI=1S/C16H16ClFN2O5S/c1-10(21)25-9-19-8-12(11-4-3-5-13(18)14(11)17)15(22)20(16(19)23)6-7-26(2)24/h3-5,8H,6-7,9H2,1-2H3. The van der Waals surface area contributed by atoms with Crippen molar-refractivity contribution in [2.24, 2.45) is 0 Å². The van der Waals surface area contributed by atoms with Crippen molar-refractivity contribution >= 4 is 28.7 Å². The van der Waals surface area contributed by atoms with Crippen LogP contribution in [0.1, 0.15) is 6.92 Å². The molecule has 2 rings (SSSR count). The fourth-order valence-electron chi connectivity index (χ4n) is 2.22. The SMILES string of the molecule is CC(=O)OCn1cc(-c2cccc(F)c2Cl)c(=O)n(CC[S+](C)[O-])c1=O. The van der Waals surface area contributed by atoms with Gasteiger partial charge in [0.15, 0.2) is 6.73 Å². The van der Waals surface area contributed by atoms with E-state index >= 15 is 0 Å². The van der Waals surface area contributed by atoms with Crippen LogP contribution < -0.4 is 11.2 Å². The molecule has 1 aromatic carbocycles. The Kier molecular flexibility index (Phi) is 6.63. The van der Waals surface area contributed by atoms with E-state index in [1.807, 2.05) is 0 Å². The minimum absolute atomic E-state index is 0.0388. The predicted octanol–water partition coefficient (Wildman–Crippen LogP) is 1.37. The van der Waals surface area contributed by atoms with Crippen molar-refractivity contribution in [2.45, 2.75) is 20.2 Å². The number of aromatic nitrogens is 2. The van der Waals surface area contributed by atoms with Gasteiger partial charge < -0.3 is 9.29 Å². The van der Waals surface area contributed by atoms with Crippen LogP contribution >= 0.6 is 11.6 Å². The molecular weight excluding hydrogens is 387 g/mol. The molecule has 1 unspecified atom stereocenters. The molecule has 0 amide bonds. The lowest BCUT2D eigenvalue weighted by atomic mass is 10.1. The number of ether oxygens (including phenoxy) is 1. The van der Waals surface area contributed by atoms with Crippen molar-refractivity contribution in [1.82, 2.24) is 9.13 Å². The number of nitrogens with zero attached hydrogens (tertiary/aromatic N) is 2. The molecule has 0 bridgehead atoms. The fraction of sp³-hybridized carbons (Fsp3) is 0.312. The molecule has 1 aromatic heterocycles. The van der Waals surface area contributed by atoms with Crippen molar-refractivity contribution in [3.05, 3.63) is 56.1 Å². The lowest BCUT2D eigenvalue weighted by molar-refractivity contribution is -0.144. The first-order valence-corrected chi connectivity index (χ1v) is 9.55. The maximum Gasteiger partial charge on any atom is 0.333 e. The van der Waals surface area contributed by atoms with E-state index in [2.05, 4.69) is 0 Å². The lowest BCUT2D eigenvalue weighted by Crippen LogP contribution is -2.42. The van der Waals surface area contributed by atoms with Crippen LogP contribution in [0.4, 0.5) is 4.39 Å². The molecule has 0 aliphatic heterocycles. The Balaban J connectivity index is 2.66. The molecule has 10 heteroatoms. The first-order valence-electron chi connectivity index (χ1n) is 7.44. The summed E-state index contributed by atoms with van der Waals surface area (Å²) in [7, 11) is 0. The highest BCUT2D eigenvalue weighted by Crippen LogP contribution is 2.27.